The molecule has 9 nitrogen and oxygen atoms in total. The molecule has 0 saturated heterocycles. The molecule has 0 radical (unpaired) electrons. The van der Waals surface area contributed by atoms with Crippen LogP contribution < -0.4 is 10.1 Å². The van der Waals surface area contributed by atoms with E-state index >= 15 is 0 Å². The molecule has 10 heteroatoms. The van der Waals surface area contributed by atoms with Gasteiger partial charge < -0.3 is 20.0 Å². The van der Waals surface area contributed by atoms with Crippen molar-refractivity contribution in [2.24, 2.45) is 0 Å². The summed E-state index contributed by atoms with van der Waals surface area (Å²) >= 11 is 0. The molecule has 1 aliphatic rings. The minimum atomic E-state index is -1.68. The van der Waals surface area contributed by atoms with Crippen molar-refractivity contribution in [1.29, 1.82) is 0 Å². The first-order valence-corrected chi connectivity index (χ1v) is 8.99. The predicted molar refractivity (Wildman–Crippen MR) is 107 cm³/mol. The normalized spacial score (nSPS) is 17.7. The van der Waals surface area contributed by atoms with Crippen LogP contribution in [0.3, 0.4) is 0 Å². The highest BCUT2D eigenvalue weighted by Gasteiger charge is 2.50. The van der Waals surface area contributed by atoms with Gasteiger partial charge >= 0.3 is 5.97 Å². The number of ether oxygens (including phenoxy) is 1. The average molecular weight is 425 g/mol. The van der Waals surface area contributed by atoms with Gasteiger partial charge in [0.15, 0.2) is 0 Å². The Morgan fingerprint density at radius 2 is 1.97 bits per heavy atom. The third kappa shape index (κ3) is 4.20. The molecule has 158 valence electrons. The topological polar surface area (TPSA) is 123 Å². The van der Waals surface area contributed by atoms with Gasteiger partial charge in [0, 0.05) is 4.92 Å². The molecule has 0 aromatic heterocycles. The number of carboxylic acids is 1. The van der Waals surface area contributed by atoms with E-state index in [0.717, 1.165) is 0 Å². The molecule has 31 heavy (non-hydrogen) atoms. The Kier molecular flexibility index (Phi) is 5.97. The van der Waals surface area contributed by atoms with Crippen molar-refractivity contribution in [2.45, 2.75) is 18.5 Å². The van der Waals surface area contributed by atoms with Gasteiger partial charge in [0.25, 0.3) is 18.0 Å². The van der Waals surface area contributed by atoms with Crippen LogP contribution in [0.4, 0.5) is 10.1 Å². The van der Waals surface area contributed by atoms with Gasteiger partial charge in [-0.3, -0.25) is 14.9 Å². The first-order valence-electron chi connectivity index (χ1n) is 8.99. The van der Waals surface area contributed by atoms with Gasteiger partial charge in [-0.2, -0.15) is 0 Å². The van der Waals surface area contributed by atoms with Gasteiger partial charge in [-0.05, 0) is 35.4 Å². The first-order chi connectivity index (χ1) is 14.8. The van der Waals surface area contributed by atoms with E-state index in [9.17, 15) is 29.2 Å². The summed E-state index contributed by atoms with van der Waals surface area (Å²) < 4.78 is 19.8. The Morgan fingerprint density at radius 3 is 2.55 bits per heavy atom. The number of carboxylic acid groups (broad SMARTS) is 1. The number of methoxy groups -OCH3 is 1. The zero-order valence-corrected chi connectivity index (χ0v) is 16.2. The van der Waals surface area contributed by atoms with Crippen LogP contribution in [0.1, 0.15) is 6.42 Å². The van der Waals surface area contributed by atoms with Crippen molar-refractivity contribution in [1.82, 2.24) is 0 Å². The van der Waals surface area contributed by atoms with Crippen molar-refractivity contribution in [3.8, 4) is 16.9 Å². The molecule has 0 heterocycles. The summed E-state index contributed by atoms with van der Waals surface area (Å²) in [6.45, 7) is 7.18. The number of hydrogen-bond acceptors (Lipinski definition) is 5. The van der Waals surface area contributed by atoms with Crippen LogP contribution in [0.15, 0.2) is 53.6 Å². The highest BCUT2D eigenvalue weighted by molar-refractivity contribution is 6.11. The number of anilines is 1. The largest absolute Gasteiger partial charge is 0.497 e. The van der Waals surface area contributed by atoms with E-state index in [1.54, 1.807) is 30.3 Å². The number of benzene rings is 2. The van der Waals surface area contributed by atoms with Crippen LogP contribution in [-0.4, -0.2) is 41.1 Å². The van der Waals surface area contributed by atoms with E-state index in [1.165, 1.54) is 19.2 Å². The number of aliphatic carboxylic acids is 1. The molecule has 2 aromatic rings. The lowest BCUT2D eigenvalue weighted by molar-refractivity contribution is -0.510. The third-order valence-electron chi connectivity index (χ3n) is 4.91. The van der Waals surface area contributed by atoms with Crippen molar-refractivity contribution >= 4 is 17.6 Å². The minimum Gasteiger partial charge on any atom is -0.497 e. The summed E-state index contributed by atoms with van der Waals surface area (Å²) in [4.78, 5) is 37.7. The fourth-order valence-electron chi connectivity index (χ4n) is 3.43. The molecular formula is C21H16FN3O6. The Labute approximate surface area is 175 Å². The fraction of sp³-hybridized carbons (Fsp3) is 0.190. The van der Waals surface area contributed by atoms with Crippen LogP contribution in [-0.2, 0) is 9.59 Å². The molecule has 1 amide bonds. The van der Waals surface area contributed by atoms with E-state index in [0.29, 0.717) is 16.9 Å². The Hall–Kier alpha value is -4.26. The smallest absolute Gasteiger partial charge is 0.339 e. The number of carbonyl (C=O) groups is 2. The monoisotopic (exact) mass is 425 g/mol. The molecule has 2 aromatic carbocycles. The number of nitrogens with zero attached hydrogens (tertiary/aromatic N) is 2. The van der Waals surface area contributed by atoms with Crippen LogP contribution in [0, 0.1) is 22.5 Å². The van der Waals surface area contributed by atoms with Crippen LogP contribution in [0.5, 0.6) is 5.75 Å². The molecule has 0 saturated carbocycles. The number of halogens is 1. The number of amides is 1. The number of nitrogens with one attached hydrogen (secondary N) is 1. The Bertz CT molecular complexity index is 1150. The maximum Gasteiger partial charge on any atom is 0.339 e. The maximum atomic E-state index is 14.7. The molecule has 0 fully saturated rings. The molecule has 0 bridgehead atoms. The summed E-state index contributed by atoms with van der Waals surface area (Å²) in [6, 6.07) is 7.93. The molecule has 0 spiro atoms. The van der Waals surface area contributed by atoms with Gasteiger partial charge in [0.2, 0.25) is 0 Å². The highest BCUT2D eigenvalue weighted by atomic mass is 19.1. The molecule has 2 N–H and O–H groups in total. The van der Waals surface area contributed by atoms with Crippen LogP contribution >= 0.6 is 0 Å². The summed E-state index contributed by atoms with van der Waals surface area (Å²) in [5, 5.41) is 22.8. The molecular weight excluding hydrogens is 409 g/mol. The molecule has 1 aliphatic carbocycles. The first kappa shape index (κ1) is 21.4. The molecule has 3 rings (SSSR count). The van der Waals surface area contributed by atoms with E-state index in [2.05, 4.69) is 10.2 Å². The number of hydrogen-bond donors (Lipinski definition) is 2. The lowest BCUT2D eigenvalue weighted by Gasteiger charge is -2.10. The minimum absolute atomic E-state index is 0.248. The highest BCUT2D eigenvalue weighted by Crippen LogP contribution is 2.33. The van der Waals surface area contributed by atoms with E-state index in [4.69, 9.17) is 11.3 Å². The summed E-state index contributed by atoms with van der Waals surface area (Å²) in [5.41, 5.74) is -0.350. The Balaban J connectivity index is 1.93. The fourth-order valence-corrected chi connectivity index (χ4v) is 3.43. The summed E-state index contributed by atoms with van der Waals surface area (Å²) in [5.74, 6) is -2.94. The standard InChI is InChI=1S/C21H16FN3O6/c1-23-16-10-17(25(29)30)19(21(27)28)18(16)20(26)24-15-7-6-12(9-14(15)22)11-4-3-5-13(8-11)31-2/h3-9,16-17H,10H2,2H3,(H,24,26)(H,27,28). The van der Waals surface area contributed by atoms with Gasteiger partial charge in [-0.15, -0.1) is 0 Å². The summed E-state index contributed by atoms with van der Waals surface area (Å²) in [6.07, 6.45) is -0.432. The van der Waals surface area contributed by atoms with E-state index < -0.39 is 52.3 Å². The molecule has 0 aliphatic heterocycles. The second-order valence-corrected chi connectivity index (χ2v) is 6.69. The van der Waals surface area contributed by atoms with Gasteiger partial charge in [-0.25, -0.2) is 15.8 Å². The third-order valence-corrected chi connectivity index (χ3v) is 4.91. The van der Waals surface area contributed by atoms with Crippen molar-refractivity contribution in [3.63, 3.8) is 0 Å². The Morgan fingerprint density at radius 1 is 1.26 bits per heavy atom. The second kappa shape index (κ2) is 8.62. The SMILES string of the molecule is [C-]#[N+]C1CC([N+](=O)[O-])C(C(=O)O)=C1C(=O)Nc1ccc(-c2cccc(OC)c2)cc1F. The van der Waals surface area contributed by atoms with Crippen LogP contribution in [0.2, 0.25) is 0 Å². The molecule has 2 atom stereocenters. The van der Waals surface area contributed by atoms with Crippen molar-refractivity contribution < 1.29 is 28.7 Å². The lowest BCUT2D eigenvalue weighted by atomic mass is 10.0. The maximum absolute atomic E-state index is 14.7. The van der Waals surface area contributed by atoms with Crippen molar-refractivity contribution in [2.75, 3.05) is 12.4 Å². The summed E-state index contributed by atoms with van der Waals surface area (Å²) in [7, 11) is 1.50. The number of rotatable bonds is 6. The van der Waals surface area contributed by atoms with E-state index in [-0.39, 0.29) is 5.69 Å². The zero-order chi connectivity index (χ0) is 22.7. The van der Waals surface area contributed by atoms with E-state index in [1.807, 2.05) is 0 Å². The average Bonchev–Trinajstić information content (AvgIpc) is 3.15. The van der Waals surface area contributed by atoms with Gasteiger partial charge in [0.1, 0.15) is 22.7 Å². The van der Waals surface area contributed by atoms with Crippen LogP contribution in [0.25, 0.3) is 16.0 Å². The second-order valence-electron chi connectivity index (χ2n) is 6.69. The van der Waals surface area contributed by atoms with Gasteiger partial charge in [-0.1, -0.05) is 18.2 Å². The lowest BCUT2D eigenvalue weighted by Crippen LogP contribution is -2.25. The number of carbonyl (C=O) groups excluding carboxylic acids is 1. The van der Waals surface area contributed by atoms with Crippen molar-refractivity contribution in [3.05, 3.63) is 81.0 Å². The predicted octanol–water partition coefficient (Wildman–Crippen LogP) is 3.16. The number of nitro groups is 1. The van der Waals surface area contributed by atoms with Gasteiger partial charge in [0.05, 0.1) is 19.2 Å². The zero-order valence-electron chi connectivity index (χ0n) is 16.2. The molecule has 2 unspecified atom stereocenters. The quantitative estimate of drug-likeness (QED) is 0.416.